The summed E-state index contributed by atoms with van der Waals surface area (Å²) in [6.07, 6.45) is 1.11. The Balaban J connectivity index is 1.66. The van der Waals surface area contributed by atoms with Crippen LogP contribution in [-0.2, 0) is 14.8 Å². The predicted molar refractivity (Wildman–Crippen MR) is 124 cm³/mol. The fourth-order valence-corrected chi connectivity index (χ4v) is 5.25. The van der Waals surface area contributed by atoms with E-state index >= 15 is 0 Å². The summed E-state index contributed by atoms with van der Waals surface area (Å²) in [6, 6.07) is 17.8. The van der Waals surface area contributed by atoms with Crippen LogP contribution in [0, 0.1) is 6.92 Å². The molecule has 0 spiro atoms. The van der Waals surface area contributed by atoms with Gasteiger partial charge in [0.2, 0.25) is 11.8 Å². The molecular formula is C24H25N3O4S. The zero-order chi connectivity index (χ0) is 22.9. The number of amides is 1. The van der Waals surface area contributed by atoms with Gasteiger partial charge in [0.1, 0.15) is 11.8 Å². The van der Waals surface area contributed by atoms with Crippen molar-refractivity contribution in [2.45, 2.75) is 37.7 Å². The fourth-order valence-electron chi connectivity index (χ4n) is 3.61. The van der Waals surface area contributed by atoms with E-state index in [1.54, 1.807) is 31.2 Å². The lowest BCUT2D eigenvalue weighted by Crippen LogP contribution is -2.42. The Kier molecular flexibility index (Phi) is 5.88. The molecule has 1 amide bonds. The summed E-state index contributed by atoms with van der Waals surface area (Å²) in [6.45, 7) is 5.59. The largest absolute Gasteiger partial charge is 0.471 e. The Morgan fingerprint density at radius 1 is 1.16 bits per heavy atom. The lowest BCUT2D eigenvalue weighted by atomic mass is 10.0. The van der Waals surface area contributed by atoms with Gasteiger partial charge in [-0.15, -0.1) is 0 Å². The van der Waals surface area contributed by atoms with Crippen LogP contribution in [0.3, 0.4) is 0 Å². The van der Waals surface area contributed by atoms with Crippen molar-refractivity contribution in [2.24, 2.45) is 0 Å². The average Bonchev–Trinajstić information content (AvgIpc) is 2.78. The molecule has 1 N–H and O–H groups in total. The Morgan fingerprint density at radius 2 is 1.91 bits per heavy atom. The van der Waals surface area contributed by atoms with Crippen molar-refractivity contribution in [3.8, 4) is 5.88 Å². The van der Waals surface area contributed by atoms with E-state index in [0.29, 0.717) is 11.4 Å². The summed E-state index contributed by atoms with van der Waals surface area (Å²) in [4.78, 5) is 17.3. The second-order valence-corrected chi connectivity index (χ2v) is 9.81. The molecule has 32 heavy (non-hydrogen) atoms. The molecule has 1 aliphatic heterocycles. The Morgan fingerprint density at radius 3 is 2.62 bits per heavy atom. The molecule has 7 nitrogen and oxygen atoms in total. The van der Waals surface area contributed by atoms with E-state index in [2.05, 4.69) is 10.3 Å². The number of pyridine rings is 1. The molecule has 0 saturated heterocycles. The number of hydrogen-bond donors (Lipinski definition) is 1. The average molecular weight is 452 g/mol. The molecule has 0 bridgehead atoms. The monoisotopic (exact) mass is 451 g/mol. The highest BCUT2D eigenvalue weighted by molar-refractivity contribution is 7.92. The van der Waals surface area contributed by atoms with Crippen LogP contribution in [0.1, 0.15) is 30.9 Å². The molecule has 2 heterocycles. The van der Waals surface area contributed by atoms with E-state index in [-0.39, 0.29) is 35.2 Å². The minimum absolute atomic E-state index is 0.142. The molecule has 3 aromatic rings. The van der Waals surface area contributed by atoms with Crippen LogP contribution in [0.25, 0.3) is 0 Å². The van der Waals surface area contributed by atoms with Gasteiger partial charge in [0.15, 0.2) is 0 Å². The van der Waals surface area contributed by atoms with E-state index in [4.69, 9.17) is 4.74 Å². The number of benzene rings is 2. The fraction of sp³-hybridized carbons (Fsp3) is 0.250. The van der Waals surface area contributed by atoms with Crippen LogP contribution in [0.4, 0.5) is 11.4 Å². The number of sulfonamides is 1. The first-order chi connectivity index (χ1) is 15.3. The van der Waals surface area contributed by atoms with Crippen molar-refractivity contribution < 1.29 is 17.9 Å². The number of nitrogens with one attached hydrogen (secondary N) is 1. The number of ether oxygens (including phenoxy) is 1. The standard InChI is InChI=1S/C24H25N3O4S/c1-16-8-7-11-21(12-16)32(29,30)27-15-17(2)31-24-22(27)13-20(14-25-24)26-23(28)18(3)19-9-5-4-6-10-19/h4-14,17-18H,15H2,1-3H3,(H,26,28). The lowest BCUT2D eigenvalue weighted by Gasteiger charge is -2.33. The minimum Gasteiger partial charge on any atom is -0.471 e. The molecule has 166 valence electrons. The third-order valence-electron chi connectivity index (χ3n) is 5.37. The normalized spacial score (nSPS) is 16.6. The van der Waals surface area contributed by atoms with Crippen molar-refractivity contribution in [3.05, 3.63) is 78.0 Å². The van der Waals surface area contributed by atoms with Gasteiger partial charge in [-0.1, -0.05) is 42.5 Å². The molecule has 0 radical (unpaired) electrons. The molecule has 1 aromatic heterocycles. The zero-order valence-electron chi connectivity index (χ0n) is 18.1. The SMILES string of the molecule is Cc1cccc(S(=O)(=O)N2CC(C)Oc3ncc(NC(=O)C(C)c4ccccc4)cc32)c1. The lowest BCUT2D eigenvalue weighted by molar-refractivity contribution is -0.117. The Hall–Kier alpha value is -3.39. The zero-order valence-corrected chi connectivity index (χ0v) is 19.0. The second-order valence-electron chi connectivity index (χ2n) is 7.95. The van der Waals surface area contributed by atoms with Crippen molar-refractivity contribution in [1.82, 2.24) is 4.98 Å². The number of aryl methyl sites for hydroxylation is 1. The van der Waals surface area contributed by atoms with Crippen LogP contribution >= 0.6 is 0 Å². The van der Waals surface area contributed by atoms with E-state index in [0.717, 1.165) is 11.1 Å². The highest BCUT2D eigenvalue weighted by Crippen LogP contribution is 2.37. The summed E-state index contributed by atoms with van der Waals surface area (Å²) in [5, 5.41) is 2.84. The maximum Gasteiger partial charge on any atom is 0.264 e. The number of rotatable bonds is 5. The Labute approximate surface area is 188 Å². The quantitative estimate of drug-likeness (QED) is 0.631. The van der Waals surface area contributed by atoms with Crippen LogP contribution < -0.4 is 14.4 Å². The van der Waals surface area contributed by atoms with Gasteiger partial charge >= 0.3 is 0 Å². The third-order valence-corrected chi connectivity index (χ3v) is 7.15. The smallest absolute Gasteiger partial charge is 0.264 e. The molecule has 8 heteroatoms. The van der Waals surface area contributed by atoms with Crippen molar-refractivity contribution in [1.29, 1.82) is 0 Å². The number of fused-ring (bicyclic) bond motifs is 1. The summed E-state index contributed by atoms with van der Waals surface area (Å²) in [7, 11) is -3.83. The highest BCUT2D eigenvalue weighted by atomic mass is 32.2. The molecule has 2 aromatic carbocycles. The van der Waals surface area contributed by atoms with Gasteiger partial charge in [0.05, 0.1) is 29.2 Å². The van der Waals surface area contributed by atoms with Gasteiger partial charge in [-0.05, 0) is 50.1 Å². The summed E-state index contributed by atoms with van der Waals surface area (Å²) < 4.78 is 33.9. The number of aromatic nitrogens is 1. The van der Waals surface area contributed by atoms with Gasteiger partial charge in [-0.25, -0.2) is 13.4 Å². The maximum atomic E-state index is 13.4. The van der Waals surface area contributed by atoms with Crippen LogP contribution in [0.5, 0.6) is 5.88 Å². The molecule has 0 saturated carbocycles. The van der Waals surface area contributed by atoms with Crippen molar-refractivity contribution in [2.75, 3.05) is 16.2 Å². The van der Waals surface area contributed by atoms with E-state index in [1.165, 1.54) is 10.5 Å². The van der Waals surface area contributed by atoms with Crippen LogP contribution in [-0.4, -0.2) is 32.0 Å². The first kappa shape index (κ1) is 21.8. The van der Waals surface area contributed by atoms with E-state index < -0.39 is 10.0 Å². The van der Waals surface area contributed by atoms with Crippen molar-refractivity contribution in [3.63, 3.8) is 0 Å². The maximum absolute atomic E-state index is 13.4. The number of anilines is 2. The number of hydrogen-bond acceptors (Lipinski definition) is 5. The summed E-state index contributed by atoms with van der Waals surface area (Å²) >= 11 is 0. The van der Waals surface area contributed by atoms with E-state index in [9.17, 15) is 13.2 Å². The topological polar surface area (TPSA) is 88.6 Å². The van der Waals surface area contributed by atoms with Gasteiger partial charge < -0.3 is 10.1 Å². The molecular weight excluding hydrogens is 426 g/mol. The highest BCUT2D eigenvalue weighted by Gasteiger charge is 2.34. The van der Waals surface area contributed by atoms with Gasteiger partial charge in [0.25, 0.3) is 10.0 Å². The molecule has 2 unspecified atom stereocenters. The summed E-state index contributed by atoms with van der Waals surface area (Å²) in [5.74, 6) is -0.374. The van der Waals surface area contributed by atoms with Gasteiger partial charge in [-0.2, -0.15) is 0 Å². The summed E-state index contributed by atoms with van der Waals surface area (Å²) in [5.41, 5.74) is 2.44. The first-order valence-corrected chi connectivity index (χ1v) is 11.8. The molecule has 2 atom stereocenters. The number of carbonyl (C=O) groups is 1. The van der Waals surface area contributed by atoms with E-state index in [1.807, 2.05) is 50.2 Å². The molecule has 0 fully saturated rings. The number of carbonyl (C=O) groups excluding carboxylic acids is 1. The van der Waals surface area contributed by atoms with Gasteiger partial charge in [-0.3, -0.25) is 9.10 Å². The van der Waals surface area contributed by atoms with Crippen LogP contribution in [0.15, 0.2) is 71.8 Å². The molecule has 1 aliphatic rings. The van der Waals surface area contributed by atoms with Gasteiger partial charge in [0, 0.05) is 0 Å². The molecule has 4 rings (SSSR count). The Bertz CT molecular complexity index is 1250. The second kappa shape index (κ2) is 8.63. The third kappa shape index (κ3) is 4.31. The molecule has 0 aliphatic carbocycles. The number of nitrogens with zero attached hydrogens (tertiary/aromatic N) is 2. The first-order valence-electron chi connectivity index (χ1n) is 10.4. The van der Waals surface area contributed by atoms with Crippen LogP contribution in [0.2, 0.25) is 0 Å². The minimum atomic E-state index is -3.83. The van der Waals surface area contributed by atoms with Crippen molar-refractivity contribution >= 4 is 27.3 Å². The predicted octanol–water partition coefficient (Wildman–Crippen LogP) is 4.11.